The van der Waals surface area contributed by atoms with Crippen molar-refractivity contribution < 1.29 is 56.2 Å². The SMILES string of the molecule is CC.[CH2-]C(=O)NCC1CNC1.[K+]. The molecule has 1 aliphatic heterocycles. The molecule has 0 saturated carbocycles. The van der Waals surface area contributed by atoms with Gasteiger partial charge in [0.2, 0.25) is 0 Å². The summed E-state index contributed by atoms with van der Waals surface area (Å²) >= 11 is 0. The molecule has 1 fully saturated rings. The van der Waals surface area contributed by atoms with E-state index in [-0.39, 0.29) is 57.3 Å². The monoisotopic (exact) mass is 196 g/mol. The summed E-state index contributed by atoms with van der Waals surface area (Å²) in [5.74, 6) is 0.456. The van der Waals surface area contributed by atoms with E-state index in [1.165, 1.54) is 0 Å². The number of nitrogens with one attached hydrogen (secondary N) is 2. The standard InChI is InChI=1S/C6H11N2O.C2H6.K/c1-5(9)8-4-6-2-7-3-6;1-2;/h6-7H,1-4H2,(H,8,9);1-2H3;/q-1;;+1. The Hall–Kier alpha value is 0.936. The third-order valence-corrected chi connectivity index (χ3v) is 1.45. The van der Waals surface area contributed by atoms with E-state index in [2.05, 4.69) is 17.6 Å². The fourth-order valence-electron chi connectivity index (χ4n) is 0.751. The molecular formula is C8H17KN2O. The van der Waals surface area contributed by atoms with E-state index in [9.17, 15) is 4.79 Å². The number of hydrogen-bond acceptors (Lipinski definition) is 2. The molecule has 0 spiro atoms. The van der Waals surface area contributed by atoms with Crippen LogP contribution in [0.3, 0.4) is 0 Å². The molecule has 0 atom stereocenters. The first-order valence-corrected chi connectivity index (χ1v) is 4.09. The zero-order valence-electron chi connectivity index (χ0n) is 8.31. The number of amides is 1. The van der Waals surface area contributed by atoms with Crippen molar-refractivity contribution in [2.24, 2.45) is 5.92 Å². The minimum absolute atomic E-state index is 0. The summed E-state index contributed by atoms with van der Waals surface area (Å²) in [6.07, 6.45) is 0. The van der Waals surface area contributed by atoms with Gasteiger partial charge in [-0.25, -0.2) is 0 Å². The molecule has 1 aliphatic rings. The van der Waals surface area contributed by atoms with Gasteiger partial charge in [-0.3, -0.25) is 0 Å². The first kappa shape index (κ1) is 15.4. The van der Waals surface area contributed by atoms with Crippen LogP contribution in [0.5, 0.6) is 0 Å². The van der Waals surface area contributed by atoms with E-state index in [1.54, 1.807) is 0 Å². The molecule has 2 N–H and O–H groups in total. The van der Waals surface area contributed by atoms with Gasteiger partial charge in [-0.05, 0) is 0 Å². The average Bonchev–Trinajstić information content (AvgIpc) is 1.88. The van der Waals surface area contributed by atoms with Gasteiger partial charge in [0.05, 0.1) is 5.91 Å². The molecule has 1 saturated heterocycles. The molecule has 0 aromatic heterocycles. The molecule has 0 aromatic rings. The summed E-state index contributed by atoms with van der Waals surface area (Å²) < 4.78 is 0. The summed E-state index contributed by atoms with van der Waals surface area (Å²) in [4.78, 5) is 10.2. The number of rotatable bonds is 2. The van der Waals surface area contributed by atoms with Gasteiger partial charge < -0.3 is 22.4 Å². The van der Waals surface area contributed by atoms with Crippen LogP contribution in [-0.2, 0) is 4.79 Å². The second kappa shape index (κ2) is 10.0. The molecule has 12 heavy (non-hydrogen) atoms. The molecule has 1 rings (SSSR count). The van der Waals surface area contributed by atoms with Crippen LogP contribution in [0.1, 0.15) is 13.8 Å². The minimum atomic E-state index is -0.179. The Morgan fingerprint density at radius 3 is 2.33 bits per heavy atom. The number of hydrogen-bond donors (Lipinski definition) is 2. The van der Waals surface area contributed by atoms with Gasteiger partial charge in [0.15, 0.2) is 0 Å². The van der Waals surface area contributed by atoms with Crippen LogP contribution in [0, 0.1) is 12.8 Å². The predicted molar refractivity (Wildman–Crippen MR) is 46.1 cm³/mol. The molecule has 1 heterocycles. The van der Waals surface area contributed by atoms with Crippen molar-refractivity contribution in [3.05, 3.63) is 6.92 Å². The molecule has 0 unspecified atom stereocenters. The topological polar surface area (TPSA) is 41.1 Å². The van der Waals surface area contributed by atoms with Gasteiger partial charge in [-0.15, -0.1) is 0 Å². The number of carbonyl (C=O) groups excluding carboxylic acids is 1. The van der Waals surface area contributed by atoms with Crippen molar-refractivity contribution in [2.45, 2.75) is 13.8 Å². The Morgan fingerprint density at radius 1 is 1.58 bits per heavy atom. The summed E-state index contributed by atoms with van der Waals surface area (Å²) in [5, 5.41) is 5.77. The summed E-state index contributed by atoms with van der Waals surface area (Å²) in [7, 11) is 0. The molecule has 0 bridgehead atoms. The van der Waals surface area contributed by atoms with Crippen molar-refractivity contribution in [1.82, 2.24) is 10.6 Å². The zero-order valence-corrected chi connectivity index (χ0v) is 11.4. The van der Waals surface area contributed by atoms with Crippen molar-refractivity contribution in [3.8, 4) is 0 Å². The van der Waals surface area contributed by atoms with Gasteiger partial charge in [0.1, 0.15) is 0 Å². The normalized spacial score (nSPS) is 14.5. The summed E-state index contributed by atoms with van der Waals surface area (Å²) in [6.45, 7) is 10.0. The Labute approximate surface area is 117 Å². The third kappa shape index (κ3) is 7.58. The van der Waals surface area contributed by atoms with E-state index in [4.69, 9.17) is 0 Å². The van der Waals surface area contributed by atoms with Gasteiger partial charge in [-0.1, -0.05) is 13.8 Å². The van der Waals surface area contributed by atoms with Gasteiger partial charge >= 0.3 is 51.4 Å². The maximum Gasteiger partial charge on any atom is 1.00 e. The second-order valence-corrected chi connectivity index (χ2v) is 2.33. The first-order chi connectivity index (χ1) is 5.29. The Morgan fingerprint density at radius 2 is 2.08 bits per heavy atom. The molecule has 3 nitrogen and oxygen atoms in total. The summed E-state index contributed by atoms with van der Waals surface area (Å²) in [5.41, 5.74) is 0. The van der Waals surface area contributed by atoms with E-state index < -0.39 is 0 Å². The van der Waals surface area contributed by atoms with Crippen LogP contribution in [0.25, 0.3) is 0 Å². The minimum Gasteiger partial charge on any atom is -0.381 e. The maximum atomic E-state index is 10.2. The van der Waals surface area contributed by atoms with Gasteiger partial charge in [0.25, 0.3) is 0 Å². The fraction of sp³-hybridized carbons (Fsp3) is 0.750. The van der Waals surface area contributed by atoms with Crippen LogP contribution in [0.15, 0.2) is 0 Å². The fourth-order valence-corrected chi connectivity index (χ4v) is 0.751. The molecular weight excluding hydrogens is 179 g/mol. The van der Waals surface area contributed by atoms with Gasteiger partial charge in [-0.2, -0.15) is 0 Å². The largest absolute Gasteiger partial charge is 1.00 e. The van der Waals surface area contributed by atoms with Crippen LogP contribution in [-0.4, -0.2) is 25.5 Å². The van der Waals surface area contributed by atoms with Crippen molar-refractivity contribution in [1.29, 1.82) is 0 Å². The molecule has 1 amide bonds. The Kier molecular flexibility index (Phi) is 12.9. The van der Waals surface area contributed by atoms with E-state index in [0.717, 1.165) is 19.6 Å². The van der Waals surface area contributed by atoms with Crippen LogP contribution in [0.2, 0.25) is 0 Å². The van der Waals surface area contributed by atoms with Crippen LogP contribution < -0.4 is 62.0 Å². The van der Waals surface area contributed by atoms with Crippen molar-refractivity contribution in [3.63, 3.8) is 0 Å². The molecule has 0 aromatic carbocycles. The number of carbonyl (C=O) groups is 1. The predicted octanol–water partition coefficient (Wildman–Crippen LogP) is -2.81. The molecule has 0 aliphatic carbocycles. The second-order valence-electron chi connectivity index (χ2n) is 2.33. The average molecular weight is 196 g/mol. The molecule has 0 radical (unpaired) electrons. The van der Waals surface area contributed by atoms with E-state index >= 15 is 0 Å². The van der Waals surface area contributed by atoms with Crippen LogP contribution in [0.4, 0.5) is 0 Å². The Balaban J connectivity index is 0. The van der Waals surface area contributed by atoms with E-state index in [0.29, 0.717) is 5.92 Å². The zero-order chi connectivity index (χ0) is 8.69. The maximum absolute atomic E-state index is 10.2. The quantitative estimate of drug-likeness (QED) is 0.370. The molecule has 66 valence electrons. The van der Waals surface area contributed by atoms with E-state index in [1.807, 2.05) is 13.8 Å². The third-order valence-electron chi connectivity index (χ3n) is 1.45. The smallest absolute Gasteiger partial charge is 0.381 e. The molecule has 4 heteroatoms. The Bertz CT molecular complexity index is 116. The van der Waals surface area contributed by atoms with Crippen LogP contribution >= 0.6 is 0 Å². The first-order valence-electron chi connectivity index (χ1n) is 4.09. The van der Waals surface area contributed by atoms with Crippen molar-refractivity contribution >= 4 is 5.91 Å². The van der Waals surface area contributed by atoms with Crippen molar-refractivity contribution in [2.75, 3.05) is 19.6 Å². The van der Waals surface area contributed by atoms with Gasteiger partial charge in [0, 0.05) is 25.6 Å². The summed E-state index contributed by atoms with van der Waals surface area (Å²) in [6, 6.07) is 0.